The van der Waals surface area contributed by atoms with Crippen molar-refractivity contribution in [2.24, 2.45) is 0 Å². The maximum absolute atomic E-state index is 5.53. The van der Waals surface area contributed by atoms with Crippen molar-refractivity contribution < 1.29 is 18.9 Å². The first-order chi connectivity index (χ1) is 10.4. The Bertz CT molecular complexity index is 216. The molecule has 21 heavy (non-hydrogen) atoms. The van der Waals surface area contributed by atoms with Crippen molar-refractivity contribution in [3.63, 3.8) is 0 Å². The molecule has 0 atom stereocenters. The van der Waals surface area contributed by atoms with Crippen molar-refractivity contribution >= 4 is 0 Å². The van der Waals surface area contributed by atoms with E-state index in [1.165, 1.54) is 25.7 Å². The first-order valence-electron chi connectivity index (χ1n) is 8.62. The third kappa shape index (κ3) is 8.12. The molecule has 2 fully saturated rings. The van der Waals surface area contributed by atoms with Crippen LogP contribution >= 0.6 is 0 Å². The Hall–Kier alpha value is -0.200. The Balaban J connectivity index is 1.30. The second-order valence-electron chi connectivity index (χ2n) is 5.79. The highest BCUT2D eigenvalue weighted by Gasteiger charge is 2.13. The molecule has 0 unspecified atom stereocenters. The van der Waals surface area contributed by atoms with Crippen molar-refractivity contribution in [2.75, 3.05) is 39.5 Å². The van der Waals surface area contributed by atoms with Gasteiger partial charge in [0, 0.05) is 0 Å². The van der Waals surface area contributed by atoms with E-state index in [1.54, 1.807) is 0 Å². The Labute approximate surface area is 128 Å². The van der Waals surface area contributed by atoms with Crippen molar-refractivity contribution in [3.05, 3.63) is 0 Å². The quantitative estimate of drug-likeness (QED) is 0.628. The van der Waals surface area contributed by atoms with E-state index in [-0.39, 0.29) is 12.6 Å². The van der Waals surface area contributed by atoms with E-state index in [0.29, 0.717) is 0 Å². The summed E-state index contributed by atoms with van der Waals surface area (Å²) in [6.45, 7) is 5.61. The molecule has 0 aromatic carbocycles. The predicted molar refractivity (Wildman–Crippen MR) is 81.2 cm³/mol. The van der Waals surface area contributed by atoms with E-state index in [2.05, 4.69) is 5.32 Å². The highest BCUT2D eigenvalue weighted by Crippen LogP contribution is 2.12. The maximum atomic E-state index is 5.53. The summed E-state index contributed by atoms with van der Waals surface area (Å²) in [6.07, 6.45) is 8.95. The van der Waals surface area contributed by atoms with Crippen LogP contribution in [0, 0.1) is 0 Å². The second-order valence-corrected chi connectivity index (χ2v) is 5.79. The fraction of sp³-hybridized carbons (Fsp3) is 1.00. The van der Waals surface area contributed by atoms with Crippen LogP contribution in [-0.2, 0) is 18.9 Å². The summed E-state index contributed by atoms with van der Waals surface area (Å²) in [5.41, 5.74) is 0. The average Bonchev–Trinajstić information content (AvgIpc) is 2.55. The molecule has 0 aliphatic carbocycles. The van der Waals surface area contributed by atoms with E-state index < -0.39 is 0 Å². The molecule has 2 rings (SSSR count). The van der Waals surface area contributed by atoms with Crippen molar-refractivity contribution in [1.82, 2.24) is 5.32 Å². The summed E-state index contributed by atoms with van der Waals surface area (Å²) in [5.74, 6) is 0. The first kappa shape index (κ1) is 17.2. The molecule has 5 heteroatoms. The molecular weight excluding hydrogens is 270 g/mol. The van der Waals surface area contributed by atoms with Gasteiger partial charge in [-0.25, -0.2) is 0 Å². The van der Waals surface area contributed by atoms with Gasteiger partial charge in [-0.3, -0.25) is 0 Å². The average molecular weight is 301 g/mol. The molecule has 2 heterocycles. The molecule has 5 nitrogen and oxygen atoms in total. The van der Waals surface area contributed by atoms with Gasteiger partial charge in [-0.05, 0) is 64.5 Å². The van der Waals surface area contributed by atoms with Crippen molar-refractivity contribution in [2.45, 2.75) is 63.9 Å². The zero-order valence-corrected chi connectivity index (χ0v) is 13.2. The van der Waals surface area contributed by atoms with Crippen LogP contribution in [0.3, 0.4) is 0 Å². The van der Waals surface area contributed by atoms with Crippen LogP contribution < -0.4 is 5.32 Å². The van der Waals surface area contributed by atoms with Gasteiger partial charge in [0.1, 0.15) is 0 Å². The van der Waals surface area contributed by atoms with Crippen molar-refractivity contribution in [1.29, 1.82) is 0 Å². The summed E-state index contributed by atoms with van der Waals surface area (Å²) in [7, 11) is 0. The molecule has 0 saturated carbocycles. The third-order valence-corrected chi connectivity index (χ3v) is 3.88. The van der Waals surface area contributed by atoms with E-state index in [1.807, 2.05) is 0 Å². The van der Waals surface area contributed by atoms with Crippen LogP contribution in [0.1, 0.15) is 51.4 Å². The lowest BCUT2D eigenvalue weighted by atomic mass is 10.2. The molecule has 0 radical (unpaired) electrons. The Morgan fingerprint density at radius 2 is 1.05 bits per heavy atom. The van der Waals surface area contributed by atoms with Crippen molar-refractivity contribution in [3.8, 4) is 0 Å². The maximum Gasteiger partial charge on any atom is 0.157 e. The lowest BCUT2D eigenvalue weighted by Crippen LogP contribution is -2.25. The minimum Gasteiger partial charge on any atom is -0.353 e. The molecule has 1 N–H and O–H groups in total. The zero-order valence-electron chi connectivity index (χ0n) is 13.2. The fourth-order valence-electron chi connectivity index (χ4n) is 2.65. The minimum absolute atomic E-state index is 0.0502. The number of unbranched alkanes of at least 4 members (excludes halogenated alkanes) is 2. The first-order valence-corrected chi connectivity index (χ1v) is 8.62. The van der Waals surface area contributed by atoms with Gasteiger partial charge in [0.2, 0.25) is 0 Å². The topological polar surface area (TPSA) is 49.0 Å². The number of nitrogens with one attached hydrogen (secondary N) is 1. The van der Waals surface area contributed by atoms with Crippen LogP contribution in [0.5, 0.6) is 0 Å². The van der Waals surface area contributed by atoms with Gasteiger partial charge in [-0.2, -0.15) is 0 Å². The van der Waals surface area contributed by atoms with E-state index in [4.69, 9.17) is 18.9 Å². The van der Waals surface area contributed by atoms with Gasteiger partial charge in [-0.15, -0.1) is 0 Å². The summed E-state index contributed by atoms with van der Waals surface area (Å²) < 4.78 is 22.1. The molecule has 0 aromatic rings. The highest BCUT2D eigenvalue weighted by atomic mass is 16.7. The van der Waals surface area contributed by atoms with Crippen LogP contribution in [0.15, 0.2) is 0 Å². The second kappa shape index (κ2) is 11.4. The highest BCUT2D eigenvalue weighted by molar-refractivity contribution is 4.56. The molecule has 2 aliphatic heterocycles. The summed E-state index contributed by atoms with van der Waals surface area (Å²) >= 11 is 0. The molecular formula is C16H31NO4. The molecule has 0 amide bonds. The Kier molecular flexibility index (Phi) is 9.30. The van der Waals surface area contributed by atoms with Crippen LogP contribution in [0.2, 0.25) is 0 Å². The lowest BCUT2D eigenvalue weighted by Gasteiger charge is -2.23. The SMILES string of the molecule is C(CCC1OCCCO1)CNCCCCC1OCCCO1. The number of ether oxygens (including phenoxy) is 4. The lowest BCUT2D eigenvalue weighted by molar-refractivity contribution is -0.181. The van der Waals surface area contributed by atoms with Gasteiger partial charge >= 0.3 is 0 Å². The third-order valence-electron chi connectivity index (χ3n) is 3.88. The zero-order chi connectivity index (χ0) is 14.6. The fourth-order valence-corrected chi connectivity index (χ4v) is 2.65. The smallest absolute Gasteiger partial charge is 0.157 e. The van der Waals surface area contributed by atoms with Gasteiger partial charge in [0.25, 0.3) is 0 Å². The number of rotatable bonds is 10. The number of hydrogen-bond acceptors (Lipinski definition) is 5. The van der Waals surface area contributed by atoms with E-state index in [0.717, 1.165) is 65.2 Å². The molecule has 2 saturated heterocycles. The van der Waals surface area contributed by atoms with Gasteiger partial charge in [0.15, 0.2) is 12.6 Å². The predicted octanol–water partition coefficient (Wildman–Crippen LogP) is 2.44. The van der Waals surface area contributed by atoms with E-state index in [9.17, 15) is 0 Å². The van der Waals surface area contributed by atoms with E-state index >= 15 is 0 Å². The van der Waals surface area contributed by atoms with Crippen LogP contribution in [0.4, 0.5) is 0 Å². The largest absolute Gasteiger partial charge is 0.353 e. The number of hydrogen-bond donors (Lipinski definition) is 1. The molecule has 2 aliphatic rings. The normalized spacial score (nSPS) is 21.7. The molecule has 0 aromatic heterocycles. The van der Waals surface area contributed by atoms with Crippen LogP contribution in [0.25, 0.3) is 0 Å². The standard InChI is InChI=1S/C16H31NO4/c1(7-15-18-11-5-12-19-15)3-9-17-10-4-2-8-16-20-13-6-14-21-16/h15-17H,1-14H2. The molecule has 0 bridgehead atoms. The summed E-state index contributed by atoms with van der Waals surface area (Å²) in [6, 6.07) is 0. The molecule has 124 valence electrons. The Morgan fingerprint density at radius 3 is 1.48 bits per heavy atom. The van der Waals surface area contributed by atoms with Gasteiger partial charge in [-0.1, -0.05) is 0 Å². The monoisotopic (exact) mass is 301 g/mol. The minimum atomic E-state index is 0.0502. The Morgan fingerprint density at radius 1 is 0.619 bits per heavy atom. The summed E-state index contributed by atoms with van der Waals surface area (Å²) in [4.78, 5) is 0. The van der Waals surface area contributed by atoms with Gasteiger partial charge < -0.3 is 24.3 Å². The summed E-state index contributed by atoms with van der Waals surface area (Å²) in [5, 5.41) is 3.50. The molecule has 0 spiro atoms. The van der Waals surface area contributed by atoms with Gasteiger partial charge in [0.05, 0.1) is 26.4 Å². The van der Waals surface area contributed by atoms with Crippen LogP contribution in [-0.4, -0.2) is 52.1 Å².